The van der Waals surface area contributed by atoms with Crippen LogP contribution in [0.1, 0.15) is 32.1 Å². The number of carbonyl (C=O) groups is 2. The minimum atomic E-state index is -4.41. The van der Waals surface area contributed by atoms with Gasteiger partial charge in [-0.1, -0.05) is 29.8 Å². The summed E-state index contributed by atoms with van der Waals surface area (Å²) in [6.45, 7) is 3.26. The molecule has 2 amide bonds. The highest BCUT2D eigenvalue weighted by molar-refractivity contribution is 6.30. The number of alkyl halides is 3. The lowest BCUT2D eigenvalue weighted by Crippen LogP contribution is -2.48. The second-order valence-corrected chi connectivity index (χ2v) is 9.25. The predicted octanol–water partition coefficient (Wildman–Crippen LogP) is 4.17. The van der Waals surface area contributed by atoms with Gasteiger partial charge in [0.15, 0.2) is 5.69 Å². The zero-order chi connectivity index (χ0) is 25.4. The molecule has 0 bridgehead atoms. The molecule has 0 aliphatic carbocycles. The van der Waals surface area contributed by atoms with Crippen LogP contribution in [0.25, 0.3) is 0 Å². The summed E-state index contributed by atoms with van der Waals surface area (Å²) in [4.78, 5) is 31.6. The van der Waals surface area contributed by atoms with Crippen molar-refractivity contribution < 1.29 is 22.8 Å². The standard InChI is InChI=1S/C25H23ClF3N5O2/c26-19-2-1-3-20(14-19)31-8-10-32(11-9-31)23(35)21-15-22-24(36)33(12-13-34(22)30-21)16-17-4-6-18(7-5-17)25(27,28)29/h1-7,14-15H,8-13,16H2. The molecule has 11 heteroatoms. The van der Waals surface area contributed by atoms with Crippen LogP contribution in [-0.4, -0.2) is 64.1 Å². The Bertz CT molecular complexity index is 1280. The summed E-state index contributed by atoms with van der Waals surface area (Å²) in [5.74, 6) is -0.539. The Kier molecular flexibility index (Phi) is 6.38. The maximum absolute atomic E-state index is 13.1. The summed E-state index contributed by atoms with van der Waals surface area (Å²) in [7, 11) is 0. The molecule has 3 heterocycles. The maximum atomic E-state index is 13.1. The largest absolute Gasteiger partial charge is 0.416 e. The van der Waals surface area contributed by atoms with Crippen LogP contribution >= 0.6 is 11.6 Å². The van der Waals surface area contributed by atoms with Crippen LogP contribution in [0, 0.1) is 0 Å². The molecule has 188 valence electrons. The van der Waals surface area contributed by atoms with Crippen molar-refractivity contribution in [1.29, 1.82) is 0 Å². The van der Waals surface area contributed by atoms with Crippen molar-refractivity contribution in [3.05, 3.63) is 82.1 Å². The van der Waals surface area contributed by atoms with E-state index >= 15 is 0 Å². The molecule has 0 N–H and O–H groups in total. The quantitative estimate of drug-likeness (QED) is 0.521. The molecule has 7 nitrogen and oxygen atoms in total. The molecule has 2 aromatic carbocycles. The van der Waals surface area contributed by atoms with E-state index in [1.165, 1.54) is 22.9 Å². The number of hydrogen-bond acceptors (Lipinski definition) is 4. The summed E-state index contributed by atoms with van der Waals surface area (Å²) >= 11 is 6.09. The molecule has 0 spiro atoms. The Labute approximate surface area is 210 Å². The van der Waals surface area contributed by atoms with Gasteiger partial charge in [0.1, 0.15) is 5.69 Å². The number of anilines is 1. The second kappa shape index (κ2) is 9.50. The first-order valence-electron chi connectivity index (χ1n) is 11.5. The summed E-state index contributed by atoms with van der Waals surface area (Å²) in [5.41, 5.74) is 1.38. The number of nitrogens with zero attached hydrogens (tertiary/aromatic N) is 5. The van der Waals surface area contributed by atoms with Gasteiger partial charge in [0.2, 0.25) is 0 Å². The van der Waals surface area contributed by atoms with Crippen LogP contribution in [0.15, 0.2) is 54.6 Å². The normalized spacial score (nSPS) is 16.3. The van der Waals surface area contributed by atoms with Crippen molar-refractivity contribution in [3.8, 4) is 0 Å². The minimum Gasteiger partial charge on any atom is -0.368 e. The smallest absolute Gasteiger partial charge is 0.368 e. The zero-order valence-electron chi connectivity index (χ0n) is 19.2. The Hall–Kier alpha value is -3.53. The molecular formula is C25H23ClF3N5O2. The van der Waals surface area contributed by atoms with E-state index in [4.69, 9.17) is 11.6 Å². The van der Waals surface area contributed by atoms with E-state index in [0.717, 1.165) is 17.8 Å². The summed E-state index contributed by atoms with van der Waals surface area (Å²) in [6, 6.07) is 13.9. The molecule has 36 heavy (non-hydrogen) atoms. The molecule has 3 aromatic rings. The highest BCUT2D eigenvalue weighted by Crippen LogP contribution is 2.29. The highest BCUT2D eigenvalue weighted by Gasteiger charge is 2.32. The molecular weight excluding hydrogens is 495 g/mol. The third-order valence-corrected chi connectivity index (χ3v) is 6.72. The number of carbonyl (C=O) groups excluding carboxylic acids is 2. The van der Waals surface area contributed by atoms with Gasteiger partial charge in [-0.05, 0) is 35.9 Å². The fourth-order valence-electron chi connectivity index (χ4n) is 4.52. The lowest BCUT2D eigenvalue weighted by molar-refractivity contribution is -0.137. The highest BCUT2D eigenvalue weighted by atomic mass is 35.5. The molecule has 0 saturated carbocycles. The summed E-state index contributed by atoms with van der Waals surface area (Å²) < 4.78 is 39.9. The topological polar surface area (TPSA) is 61.7 Å². The fraction of sp³-hybridized carbons (Fsp3) is 0.320. The average Bonchev–Trinajstić information content (AvgIpc) is 3.30. The molecule has 5 rings (SSSR count). The number of hydrogen-bond donors (Lipinski definition) is 0. The molecule has 0 atom stereocenters. The number of aromatic nitrogens is 2. The van der Waals surface area contributed by atoms with Crippen molar-refractivity contribution in [1.82, 2.24) is 19.6 Å². The molecule has 0 unspecified atom stereocenters. The molecule has 0 radical (unpaired) electrons. The van der Waals surface area contributed by atoms with Crippen LogP contribution in [0.3, 0.4) is 0 Å². The second-order valence-electron chi connectivity index (χ2n) is 8.82. The van der Waals surface area contributed by atoms with Crippen molar-refractivity contribution in [2.45, 2.75) is 19.3 Å². The van der Waals surface area contributed by atoms with Gasteiger partial charge in [-0.2, -0.15) is 18.3 Å². The Morgan fingerprint density at radius 1 is 0.944 bits per heavy atom. The predicted molar refractivity (Wildman–Crippen MR) is 128 cm³/mol. The van der Waals surface area contributed by atoms with Gasteiger partial charge in [0, 0.05) is 56.0 Å². The van der Waals surface area contributed by atoms with Gasteiger partial charge in [-0.15, -0.1) is 0 Å². The van der Waals surface area contributed by atoms with E-state index in [9.17, 15) is 22.8 Å². The SMILES string of the molecule is O=C(c1cc2n(n1)CCN(Cc1ccc(C(F)(F)F)cc1)C2=O)N1CCN(c2cccc(Cl)c2)CC1. The third kappa shape index (κ3) is 4.90. The third-order valence-electron chi connectivity index (χ3n) is 6.48. The monoisotopic (exact) mass is 517 g/mol. The number of piperazine rings is 1. The van der Waals surface area contributed by atoms with Gasteiger partial charge in [-0.25, -0.2) is 0 Å². The van der Waals surface area contributed by atoms with E-state index in [2.05, 4.69) is 10.00 Å². The van der Waals surface area contributed by atoms with Crippen LogP contribution in [0.2, 0.25) is 5.02 Å². The number of fused-ring (bicyclic) bond motifs is 1. The average molecular weight is 518 g/mol. The first-order chi connectivity index (χ1) is 17.2. The number of rotatable bonds is 4. The number of benzene rings is 2. The van der Waals surface area contributed by atoms with E-state index < -0.39 is 11.7 Å². The molecule has 2 aliphatic rings. The molecule has 1 saturated heterocycles. The van der Waals surface area contributed by atoms with Gasteiger partial charge in [0.05, 0.1) is 12.1 Å². The van der Waals surface area contributed by atoms with E-state index in [1.807, 2.05) is 24.3 Å². The Morgan fingerprint density at radius 2 is 1.67 bits per heavy atom. The molecule has 1 fully saturated rings. The summed E-state index contributed by atoms with van der Waals surface area (Å²) in [6.07, 6.45) is -4.41. The minimum absolute atomic E-state index is 0.177. The first-order valence-corrected chi connectivity index (χ1v) is 11.9. The van der Waals surface area contributed by atoms with Crippen LogP contribution in [0.4, 0.5) is 18.9 Å². The van der Waals surface area contributed by atoms with Crippen LogP contribution in [0.5, 0.6) is 0 Å². The lowest BCUT2D eigenvalue weighted by Gasteiger charge is -2.35. The van der Waals surface area contributed by atoms with Crippen LogP contribution in [-0.2, 0) is 19.3 Å². The fourth-order valence-corrected chi connectivity index (χ4v) is 4.70. The maximum Gasteiger partial charge on any atom is 0.416 e. The van der Waals surface area contributed by atoms with Crippen molar-refractivity contribution in [2.75, 3.05) is 37.6 Å². The molecule has 1 aromatic heterocycles. The van der Waals surface area contributed by atoms with E-state index in [0.29, 0.717) is 55.5 Å². The Morgan fingerprint density at radius 3 is 2.33 bits per heavy atom. The van der Waals surface area contributed by atoms with Crippen molar-refractivity contribution in [2.24, 2.45) is 0 Å². The van der Waals surface area contributed by atoms with Gasteiger partial charge in [-0.3, -0.25) is 14.3 Å². The van der Waals surface area contributed by atoms with E-state index in [-0.39, 0.29) is 24.1 Å². The lowest BCUT2D eigenvalue weighted by atomic mass is 10.1. The van der Waals surface area contributed by atoms with Gasteiger partial charge < -0.3 is 14.7 Å². The molecule has 2 aliphatic heterocycles. The summed E-state index contributed by atoms with van der Waals surface area (Å²) in [5, 5.41) is 5.03. The zero-order valence-corrected chi connectivity index (χ0v) is 20.0. The van der Waals surface area contributed by atoms with Gasteiger partial charge in [0.25, 0.3) is 11.8 Å². The van der Waals surface area contributed by atoms with Crippen molar-refractivity contribution >= 4 is 29.1 Å². The van der Waals surface area contributed by atoms with E-state index in [1.54, 1.807) is 9.80 Å². The van der Waals surface area contributed by atoms with Gasteiger partial charge >= 0.3 is 6.18 Å². The first kappa shape index (κ1) is 24.2. The van der Waals surface area contributed by atoms with Crippen molar-refractivity contribution in [3.63, 3.8) is 0 Å². The Balaban J connectivity index is 1.23. The number of amides is 2. The number of halogens is 4. The van der Waals surface area contributed by atoms with Crippen LogP contribution < -0.4 is 4.90 Å².